The second kappa shape index (κ2) is 24.8. The van der Waals surface area contributed by atoms with E-state index in [0.29, 0.717) is 31.9 Å². The average molecular weight is 533 g/mol. The van der Waals surface area contributed by atoms with E-state index in [0.717, 1.165) is 22.6 Å². The van der Waals surface area contributed by atoms with Crippen molar-refractivity contribution in [3.8, 4) is 0 Å². The molecule has 1 aliphatic carbocycles. The first-order valence-corrected chi connectivity index (χ1v) is 13.8. The zero-order valence-electron chi connectivity index (χ0n) is 24.0. The van der Waals surface area contributed by atoms with Gasteiger partial charge in [0.15, 0.2) is 0 Å². The van der Waals surface area contributed by atoms with Crippen molar-refractivity contribution in [3.05, 3.63) is 71.7 Å². The van der Waals surface area contributed by atoms with Gasteiger partial charge in [-0.05, 0) is 65.8 Å². The summed E-state index contributed by atoms with van der Waals surface area (Å²) in [5, 5.41) is 3.00. The molecule has 0 bridgehead atoms. The molecule has 0 saturated heterocycles. The molecule has 0 fully saturated rings. The van der Waals surface area contributed by atoms with Crippen LogP contribution in [0.15, 0.2) is 66.2 Å². The predicted molar refractivity (Wildman–Crippen MR) is 160 cm³/mol. The molecule has 1 aromatic heterocycles. The van der Waals surface area contributed by atoms with Crippen LogP contribution in [0.3, 0.4) is 0 Å². The Balaban J connectivity index is 0. The number of carbonyl (C=O) groups is 2. The number of amides is 1. The maximum absolute atomic E-state index is 12.1. The molecule has 0 radical (unpaired) electrons. The van der Waals surface area contributed by atoms with Crippen molar-refractivity contribution < 1.29 is 14.3 Å². The molecule has 1 aliphatic rings. The van der Waals surface area contributed by atoms with Crippen LogP contribution in [0.1, 0.15) is 66.9 Å². The van der Waals surface area contributed by atoms with Gasteiger partial charge in [0.25, 0.3) is 6.47 Å². The van der Waals surface area contributed by atoms with Crippen molar-refractivity contribution in [1.29, 1.82) is 0 Å². The maximum Gasteiger partial charge on any atom is 0.293 e. The summed E-state index contributed by atoms with van der Waals surface area (Å²) in [5.74, 6) is 0.758. The van der Waals surface area contributed by atoms with Crippen LogP contribution in [-0.4, -0.2) is 54.4 Å². The third-order valence-electron chi connectivity index (χ3n) is 4.46. The summed E-state index contributed by atoms with van der Waals surface area (Å²) in [6, 6.07) is 3.86. The number of carbonyl (C=O) groups excluding carboxylic acids is 2. The smallest absolute Gasteiger partial charge is 0.293 e. The monoisotopic (exact) mass is 532 g/mol. The summed E-state index contributed by atoms with van der Waals surface area (Å²) in [6.45, 7) is 15.4. The van der Waals surface area contributed by atoms with Crippen LogP contribution in [0.4, 0.5) is 0 Å². The largest absolute Gasteiger partial charge is 0.465 e. The van der Waals surface area contributed by atoms with Gasteiger partial charge in [0.1, 0.15) is 0 Å². The number of ether oxygens (including phenoxy) is 1. The van der Waals surface area contributed by atoms with Crippen LogP contribution in [0.25, 0.3) is 4.91 Å². The van der Waals surface area contributed by atoms with Crippen LogP contribution >= 0.6 is 11.8 Å². The number of rotatable bonds is 10. The van der Waals surface area contributed by atoms with E-state index in [1.807, 2.05) is 51.8 Å². The highest BCUT2D eigenvalue weighted by Crippen LogP contribution is 2.29. The van der Waals surface area contributed by atoms with Gasteiger partial charge < -0.3 is 20.7 Å². The molecule has 0 atom stereocenters. The summed E-state index contributed by atoms with van der Waals surface area (Å²) < 4.78 is 4.36. The van der Waals surface area contributed by atoms with Gasteiger partial charge in [-0.15, -0.1) is 11.8 Å². The molecule has 3 N–H and O–H groups in total. The van der Waals surface area contributed by atoms with Gasteiger partial charge >= 0.3 is 0 Å². The third-order valence-corrected chi connectivity index (χ3v) is 5.75. The van der Waals surface area contributed by atoms with Gasteiger partial charge in [0.05, 0.1) is 12.0 Å². The first-order valence-electron chi connectivity index (χ1n) is 12.8. The summed E-state index contributed by atoms with van der Waals surface area (Å²) in [5.41, 5.74) is 9.10. The Bertz CT molecular complexity index is 846. The van der Waals surface area contributed by atoms with Crippen LogP contribution in [0.2, 0.25) is 0 Å². The van der Waals surface area contributed by atoms with Gasteiger partial charge in [-0.2, -0.15) is 0 Å². The SMILES string of the molecule is CC.CC(C)OC=O.CC1=CC=CCC=C1.CCN(CS/C(=C(/C)N)c1ccncc1)C(=O)CCNC. The molecule has 0 aromatic carbocycles. The van der Waals surface area contributed by atoms with Crippen LogP contribution in [0, 0.1) is 0 Å². The lowest BCUT2D eigenvalue weighted by molar-refractivity contribution is -0.132. The van der Waals surface area contributed by atoms with Crippen LogP contribution in [0.5, 0.6) is 0 Å². The number of hydrogen-bond acceptors (Lipinski definition) is 7. The van der Waals surface area contributed by atoms with Crippen molar-refractivity contribution in [2.24, 2.45) is 5.73 Å². The predicted octanol–water partition coefficient (Wildman–Crippen LogP) is 5.92. The lowest BCUT2D eigenvalue weighted by Gasteiger charge is -2.21. The number of nitrogens with two attached hydrogens (primary N) is 1. The number of aromatic nitrogens is 1. The Hall–Kier alpha value is -2.84. The van der Waals surface area contributed by atoms with Crippen molar-refractivity contribution in [2.75, 3.05) is 26.0 Å². The quantitative estimate of drug-likeness (QED) is 0.285. The van der Waals surface area contributed by atoms with E-state index in [2.05, 4.69) is 52.3 Å². The Morgan fingerprint density at radius 3 is 2.41 bits per heavy atom. The molecular weight excluding hydrogens is 484 g/mol. The second-order valence-electron chi connectivity index (χ2n) is 7.88. The van der Waals surface area contributed by atoms with E-state index in [1.165, 1.54) is 5.57 Å². The van der Waals surface area contributed by atoms with E-state index >= 15 is 0 Å². The Morgan fingerprint density at radius 1 is 1.27 bits per heavy atom. The minimum Gasteiger partial charge on any atom is -0.465 e. The Kier molecular flexibility index (Phi) is 24.4. The highest BCUT2D eigenvalue weighted by Gasteiger charge is 2.13. The van der Waals surface area contributed by atoms with E-state index in [4.69, 9.17) is 5.73 Å². The number of nitrogens with zero attached hydrogens (tertiary/aromatic N) is 2. The zero-order chi connectivity index (χ0) is 28.5. The molecule has 0 saturated carbocycles. The highest BCUT2D eigenvalue weighted by molar-refractivity contribution is 8.08. The van der Waals surface area contributed by atoms with Crippen molar-refractivity contribution in [2.45, 2.75) is 67.4 Å². The topological polar surface area (TPSA) is 97.6 Å². The third kappa shape index (κ3) is 20.0. The molecule has 1 aromatic rings. The molecule has 208 valence electrons. The zero-order valence-corrected chi connectivity index (χ0v) is 24.8. The molecular formula is C29H48N4O3S. The van der Waals surface area contributed by atoms with E-state index in [-0.39, 0.29) is 12.0 Å². The molecule has 1 heterocycles. The lowest BCUT2D eigenvalue weighted by Crippen LogP contribution is -2.32. The molecule has 8 heteroatoms. The first-order chi connectivity index (χ1) is 17.8. The molecule has 7 nitrogen and oxygen atoms in total. The molecule has 0 unspecified atom stereocenters. The van der Waals surface area contributed by atoms with Gasteiger partial charge in [-0.1, -0.05) is 49.8 Å². The standard InChI is InChI=1S/C15H24N4OS.C8H10.C4H8O2.C2H6/c1-4-19(14(20)7-8-17-3)11-21-15(12(2)16)13-5-9-18-10-6-13;1-8-6-4-2-3-5-7-8;1-4(2)6-3-5;1-2/h5-6,9-10,17H,4,7-8,11,16H2,1-3H3;2,4-7H,3H2,1H3;3-4H,1-2H3;1-2H3/b15-12-;;;. The molecule has 0 aliphatic heterocycles. The molecule has 2 rings (SSSR count). The van der Waals surface area contributed by atoms with Gasteiger partial charge in [0.2, 0.25) is 5.91 Å². The van der Waals surface area contributed by atoms with E-state index in [9.17, 15) is 9.59 Å². The van der Waals surface area contributed by atoms with Gasteiger partial charge in [-0.25, -0.2) is 0 Å². The number of thioether (sulfide) groups is 1. The highest BCUT2D eigenvalue weighted by atomic mass is 32.2. The summed E-state index contributed by atoms with van der Waals surface area (Å²) in [6.07, 6.45) is 15.8. The number of hydrogen-bond donors (Lipinski definition) is 2. The van der Waals surface area contributed by atoms with Gasteiger partial charge in [-0.3, -0.25) is 14.6 Å². The number of allylic oxidation sites excluding steroid dienone is 7. The summed E-state index contributed by atoms with van der Waals surface area (Å²) >= 11 is 1.59. The van der Waals surface area contributed by atoms with Crippen molar-refractivity contribution in [3.63, 3.8) is 0 Å². The summed E-state index contributed by atoms with van der Waals surface area (Å²) in [4.78, 5) is 28.3. The van der Waals surface area contributed by atoms with Gasteiger partial charge in [0, 0.05) is 42.5 Å². The van der Waals surface area contributed by atoms with Crippen LogP contribution < -0.4 is 11.1 Å². The molecule has 37 heavy (non-hydrogen) atoms. The van der Waals surface area contributed by atoms with Crippen LogP contribution in [-0.2, 0) is 14.3 Å². The molecule has 0 spiro atoms. The minimum atomic E-state index is 0.0301. The van der Waals surface area contributed by atoms with Crippen molar-refractivity contribution >= 4 is 29.0 Å². The number of pyridine rings is 1. The Labute approximate surface area is 229 Å². The summed E-state index contributed by atoms with van der Waals surface area (Å²) in [7, 11) is 1.85. The normalized spacial score (nSPS) is 12.2. The Morgan fingerprint density at radius 2 is 1.92 bits per heavy atom. The number of nitrogens with one attached hydrogen (secondary N) is 1. The lowest BCUT2D eigenvalue weighted by atomic mass is 10.2. The fourth-order valence-corrected chi connectivity index (χ4v) is 3.74. The first kappa shape index (κ1) is 36.3. The fourth-order valence-electron chi connectivity index (χ4n) is 2.60. The second-order valence-corrected chi connectivity index (χ2v) is 8.84. The fraction of sp³-hybridized carbons (Fsp3) is 0.483. The van der Waals surface area contributed by atoms with Crippen molar-refractivity contribution in [1.82, 2.24) is 15.2 Å². The maximum atomic E-state index is 12.1. The average Bonchev–Trinajstić information content (AvgIpc) is 3.14. The minimum absolute atomic E-state index is 0.0301. The molecule has 1 amide bonds. The van der Waals surface area contributed by atoms with E-state index in [1.54, 1.807) is 38.0 Å². The van der Waals surface area contributed by atoms with E-state index < -0.39 is 0 Å².